The Hall–Kier alpha value is -1.44. The summed E-state index contributed by atoms with van der Waals surface area (Å²) in [7, 11) is 0. The molecule has 0 aromatic carbocycles. The molecule has 1 heterocycles. The van der Waals surface area contributed by atoms with Crippen molar-refractivity contribution in [3.05, 3.63) is 22.4 Å². The van der Waals surface area contributed by atoms with Crippen LogP contribution in [0.25, 0.3) is 0 Å². The number of ether oxygens (including phenoxy) is 2. The van der Waals surface area contributed by atoms with Crippen LogP contribution in [0.2, 0.25) is 0 Å². The third-order valence-electron chi connectivity index (χ3n) is 4.21. The number of nitrogens with one attached hydrogen (secondary N) is 1. The molecule has 2 unspecified atom stereocenters. The molecule has 0 aliphatic rings. The first-order valence-electron chi connectivity index (χ1n) is 9.84. The molecule has 154 valence electrons. The molecular weight excluding hydrogens is 366 g/mol. The second-order valence-electron chi connectivity index (χ2n) is 6.31. The van der Waals surface area contributed by atoms with Gasteiger partial charge in [0.25, 0.3) is 0 Å². The molecule has 2 N–H and O–H groups in total. The minimum absolute atomic E-state index is 0.0545. The lowest BCUT2D eigenvalue weighted by Crippen LogP contribution is -2.40. The molecule has 2 atom stereocenters. The first-order valence-corrected chi connectivity index (χ1v) is 10.7. The monoisotopic (exact) mass is 399 g/mol. The average molecular weight is 400 g/mol. The van der Waals surface area contributed by atoms with E-state index in [1.54, 1.807) is 25.2 Å². The van der Waals surface area contributed by atoms with Gasteiger partial charge in [-0.2, -0.15) is 0 Å². The second-order valence-corrected chi connectivity index (χ2v) is 7.29. The molecule has 0 bridgehead atoms. The first kappa shape index (κ1) is 23.6. The van der Waals surface area contributed by atoms with Gasteiger partial charge in [0.1, 0.15) is 6.04 Å². The van der Waals surface area contributed by atoms with E-state index < -0.39 is 6.04 Å². The fourth-order valence-corrected chi connectivity index (χ4v) is 3.71. The van der Waals surface area contributed by atoms with E-state index in [9.17, 15) is 14.7 Å². The first-order chi connectivity index (χ1) is 13.1. The van der Waals surface area contributed by atoms with E-state index in [-0.39, 0.29) is 24.6 Å². The van der Waals surface area contributed by atoms with Gasteiger partial charge in [0.05, 0.1) is 13.2 Å². The molecule has 7 heteroatoms. The fraction of sp³-hybridized carbons (Fsp3) is 0.700. The minimum atomic E-state index is -0.395. The summed E-state index contributed by atoms with van der Waals surface area (Å²) < 4.78 is 10.1. The third kappa shape index (κ3) is 9.89. The van der Waals surface area contributed by atoms with Crippen LogP contribution in [-0.4, -0.2) is 42.9 Å². The predicted octanol–water partition coefficient (Wildman–Crippen LogP) is 3.60. The average Bonchev–Trinajstić information content (AvgIpc) is 3.17. The Morgan fingerprint density at radius 1 is 1.11 bits per heavy atom. The highest BCUT2D eigenvalue weighted by molar-refractivity contribution is 7.10. The molecule has 0 aliphatic heterocycles. The summed E-state index contributed by atoms with van der Waals surface area (Å²) in [5, 5.41) is 14.7. The van der Waals surface area contributed by atoms with Gasteiger partial charge < -0.3 is 14.6 Å². The van der Waals surface area contributed by atoms with E-state index in [0.29, 0.717) is 32.5 Å². The number of rotatable bonds is 15. The van der Waals surface area contributed by atoms with E-state index in [4.69, 9.17) is 9.47 Å². The Kier molecular flexibility index (Phi) is 12.8. The van der Waals surface area contributed by atoms with Crippen molar-refractivity contribution in [2.45, 2.75) is 70.9 Å². The largest absolute Gasteiger partial charge is 0.466 e. The van der Waals surface area contributed by atoms with E-state index in [2.05, 4.69) is 5.32 Å². The van der Waals surface area contributed by atoms with E-state index >= 15 is 0 Å². The molecule has 0 spiro atoms. The van der Waals surface area contributed by atoms with Crippen molar-refractivity contribution in [1.82, 2.24) is 5.32 Å². The van der Waals surface area contributed by atoms with Crippen LogP contribution >= 0.6 is 11.3 Å². The van der Waals surface area contributed by atoms with E-state index in [1.807, 2.05) is 17.5 Å². The smallest absolute Gasteiger partial charge is 0.323 e. The molecule has 0 radical (unpaired) electrons. The molecule has 1 aromatic rings. The molecule has 0 fully saturated rings. The number of hydrogen-bond acceptors (Lipinski definition) is 7. The van der Waals surface area contributed by atoms with Gasteiger partial charge in [0.2, 0.25) is 0 Å². The topological polar surface area (TPSA) is 84.9 Å². The van der Waals surface area contributed by atoms with Crippen LogP contribution in [0.4, 0.5) is 0 Å². The van der Waals surface area contributed by atoms with Crippen molar-refractivity contribution < 1.29 is 24.2 Å². The van der Waals surface area contributed by atoms with E-state index in [0.717, 1.165) is 30.6 Å². The van der Waals surface area contributed by atoms with Crippen LogP contribution < -0.4 is 5.32 Å². The summed E-state index contributed by atoms with van der Waals surface area (Å²) >= 11 is 1.61. The summed E-state index contributed by atoms with van der Waals surface area (Å²) in [4.78, 5) is 24.8. The lowest BCUT2D eigenvalue weighted by molar-refractivity contribution is -0.146. The Bertz CT molecular complexity index is 520. The SMILES string of the molecule is CCOC(=O)CCCCCCC(NC(CCO)c1cccs1)C(=O)OCC. The number of aliphatic hydroxyl groups is 1. The van der Waals surface area contributed by atoms with Crippen LogP contribution in [0.15, 0.2) is 17.5 Å². The fourth-order valence-electron chi connectivity index (χ4n) is 2.89. The van der Waals surface area contributed by atoms with Crippen LogP contribution in [0.3, 0.4) is 0 Å². The maximum absolute atomic E-state index is 12.3. The van der Waals surface area contributed by atoms with Crippen LogP contribution in [0.1, 0.15) is 69.7 Å². The zero-order valence-corrected chi connectivity index (χ0v) is 17.3. The molecule has 27 heavy (non-hydrogen) atoms. The van der Waals surface area contributed by atoms with E-state index in [1.165, 1.54) is 0 Å². The van der Waals surface area contributed by atoms with Crippen LogP contribution in [-0.2, 0) is 19.1 Å². The Morgan fingerprint density at radius 3 is 2.48 bits per heavy atom. The van der Waals surface area contributed by atoms with Crippen molar-refractivity contribution in [1.29, 1.82) is 0 Å². The highest BCUT2D eigenvalue weighted by Crippen LogP contribution is 2.23. The zero-order chi connectivity index (χ0) is 19.9. The summed E-state index contributed by atoms with van der Waals surface area (Å²) in [5.41, 5.74) is 0. The molecule has 1 aromatic heterocycles. The predicted molar refractivity (Wildman–Crippen MR) is 107 cm³/mol. The highest BCUT2D eigenvalue weighted by Gasteiger charge is 2.24. The van der Waals surface area contributed by atoms with Gasteiger partial charge in [0.15, 0.2) is 0 Å². The molecule has 0 amide bonds. The third-order valence-corrected chi connectivity index (χ3v) is 5.19. The minimum Gasteiger partial charge on any atom is -0.466 e. The number of unbranched alkanes of at least 4 members (excludes halogenated alkanes) is 3. The molecule has 6 nitrogen and oxygen atoms in total. The lowest BCUT2D eigenvalue weighted by atomic mass is 10.0. The standard InChI is InChI=1S/C20H33NO5S/c1-3-25-19(23)12-8-6-5-7-10-17(20(24)26-4-2)21-16(13-14-22)18-11-9-15-27-18/h9,11,15-17,21-22H,3-8,10,12-14H2,1-2H3. The van der Waals surface area contributed by atoms with Gasteiger partial charge in [-0.15, -0.1) is 11.3 Å². The summed E-state index contributed by atoms with van der Waals surface area (Å²) in [6, 6.07) is 3.52. The summed E-state index contributed by atoms with van der Waals surface area (Å²) in [5.74, 6) is -0.394. The lowest BCUT2D eigenvalue weighted by Gasteiger charge is -2.23. The number of esters is 2. The van der Waals surface area contributed by atoms with Gasteiger partial charge in [-0.1, -0.05) is 25.3 Å². The molecular formula is C20H33NO5S. The quantitative estimate of drug-likeness (QED) is 0.346. The molecule has 1 rings (SSSR count). The Labute approximate surface area is 166 Å². The molecule has 0 aliphatic carbocycles. The normalized spacial score (nSPS) is 13.1. The van der Waals surface area contributed by atoms with Crippen molar-refractivity contribution in [3.63, 3.8) is 0 Å². The molecule has 0 saturated carbocycles. The summed E-state index contributed by atoms with van der Waals surface area (Å²) in [6.45, 7) is 4.43. The second kappa shape index (κ2) is 14.6. The Balaban J connectivity index is 2.46. The zero-order valence-electron chi connectivity index (χ0n) is 16.4. The van der Waals surface area contributed by atoms with Gasteiger partial charge in [-0.25, -0.2) is 0 Å². The molecule has 0 saturated heterocycles. The van der Waals surface area contributed by atoms with Gasteiger partial charge >= 0.3 is 11.9 Å². The number of aliphatic hydroxyl groups excluding tert-OH is 1. The maximum atomic E-state index is 12.3. The number of carbonyl (C=O) groups is 2. The highest BCUT2D eigenvalue weighted by atomic mass is 32.1. The van der Waals surface area contributed by atoms with Gasteiger partial charge in [0, 0.05) is 23.9 Å². The summed E-state index contributed by atoms with van der Waals surface area (Å²) in [6.07, 6.45) is 5.22. The van der Waals surface area contributed by atoms with Gasteiger partial charge in [-0.3, -0.25) is 14.9 Å². The number of thiophene rings is 1. The van der Waals surface area contributed by atoms with Crippen molar-refractivity contribution in [3.8, 4) is 0 Å². The van der Waals surface area contributed by atoms with Crippen LogP contribution in [0.5, 0.6) is 0 Å². The maximum Gasteiger partial charge on any atom is 0.323 e. The van der Waals surface area contributed by atoms with Crippen molar-refractivity contribution >= 4 is 23.3 Å². The number of carbonyl (C=O) groups excluding carboxylic acids is 2. The van der Waals surface area contributed by atoms with Crippen molar-refractivity contribution in [2.24, 2.45) is 0 Å². The van der Waals surface area contributed by atoms with Gasteiger partial charge in [-0.05, 0) is 44.6 Å². The van der Waals surface area contributed by atoms with Crippen molar-refractivity contribution in [2.75, 3.05) is 19.8 Å². The van der Waals surface area contributed by atoms with Crippen LogP contribution in [0, 0.1) is 0 Å². The Morgan fingerprint density at radius 2 is 1.85 bits per heavy atom. The number of hydrogen-bond donors (Lipinski definition) is 2.